The van der Waals surface area contributed by atoms with Gasteiger partial charge in [-0.1, -0.05) is 13.8 Å². The third-order valence-electron chi connectivity index (χ3n) is 5.60. The van der Waals surface area contributed by atoms with Crippen LogP contribution in [-0.2, 0) is 14.8 Å². The zero-order chi connectivity index (χ0) is 23.3. The largest absolute Gasteiger partial charge is 0.497 e. The summed E-state index contributed by atoms with van der Waals surface area (Å²) in [5.74, 6) is 0.434. The molecule has 8 nitrogen and oxygen atoms in total. The van der Waals surface area contributed by atoms with Gasteiger partial charge in [-0.2, -0.15) is 4.31 Å². The Morgan fingerprint density at radius 2 is 1.72 bits per heavy atom. The molecule has 2 amide bonds. The van der Waals surface area contributed by atoms with Gasteiger partial charge in [0.2, 0.25) is 15.9 Å². The first-order chi connectivity index (χ1) is 15.3. The highest BCUT2D eigenvalue weighted by molar-refractivity contribution is 7.89. The van der Waals surface area contributed by atoms with Gasteiger partial charge in [0.15, 0.2) is 0 Å². The molecule has 1 aliphatic heterocycles. The molecule has 2 aromatic carbocycles. The van der Waals surface area contributed by atoms with Crippen LogP contribution < -0.4 is 15.0 Å². The summed E-state index contributed by atoms with van der Waals surface area (Å²) >= 11 is 0. The number of anilines is 1. The van der Waals surface area contributed by atoms with Gasteiger partial charge in [-0.3, -0.25) is 9.59 Å². The molecule has 0 saturated carbocycles. The van der Waals surface area contributed by atoms with Crippen molar-refractivity contribution in [2.75, 3.05) is 38.2 Å². The van der Waals surface area contributed by atoms with Crippen LogP contribution in [0.2, 0.25) is 0 Å². The quantitative estimate of drug-likeness (QED) is 0.622. The Hall–Kier alpha value is -2.91. The predicted molar refractivity (Wildman–Crippen MR) is 122 cm³/mol. The van der Waals surface area contributed by atoms with Crippen LogP contribution in [0.15, 0.2) is 53.4 Å². The standard InChI is InChI=1S/C23H29N3O5S/c1-4-25(5-2)32(29,30)21-12-6-18(7-13-21)23(28)24-15-17-14-22(27)26(16-17)19-8-10-20(31-3)11-9-19/h6-13,17H,4-5,14-16H2,1-3H3,(H,24,28). The Balaban J connectivity index is 1.58. The maximum Gasteiger partial charge on any atom is 0.251 e. The molecular weight excluding hydrogens is 430 g/mol. The molecule has 172 valence electrons. The Morgan fingerprint density at radius 3 is 2.28 bits per heavy atom. The maximum atomic E-state index is 12.6. The van der Waals surface area contributed by atoms with Gasteiger partial charge in [0.1, 0.15) is 5.75 Å². The van der Waals surface area contributed by atoms with Crippen LogP contribution in [0.4, 0.5) is 5.69 Å². The van der Waals surface area contributed by atoms with Crippen molar-refractivity contribution in [3.05, 3.63) is 54.1 Å². The van der Waals surface area contributed by atoms with Crippen LogP contribution in [0.5, 0.6) is 5.75 Å². The molecule has 32 heavy (non-hydrogen) atoms. The lowest BCUT2D eigenvalue weighted by atomic mass is 10.1. The Kier molecular flexibility index (Phi) is 7.52. The maximum absolute atomic E-state index is 12.6. The smallest absolute Gasteiger partial charge is 0.251 e. The zero-order valence-corrected chi connectivity index (χ0v) is 19.4. The number of hydrogen-bond donors (Lipinski definition) is 1. The van der Waals surface area contributed by atoms with E-state index in [0.717, 1.165) is 11.4 Å². The van der Waals surface area contributed by atoms with Crippen molar-refractivity contribution in [1.29, 1.82) is 0 Å². The fourth-order valence-electron chi connectivity index (χ4n) is 3.76. The predicted octanol–water partition coefficient (Wildman–Crippen LogP) is 2.51. The number of benzene rings is 2. The van der Waals surface area contributed by atoms with Gasteiger partial charge < -0.3 is 15.0 Å². The highest BCUT2D eigenvalue weighted by atomic mass is 32.2. The molecule has 1 atom stereocenters. The van der Waals surface area contributed by atoms with E-state index in [-0.39, 0.29) is 22.6 Å². The third-order valence-corrected chi connectivity index (χ3v) is 7.66. The van der Waals surface area contributed by atoms with Crippen LogP contribution in [-0.4, -0.2) is 57.8 Å². The number of nitrogens with one attached hydrogen (secondary N) is 1. The second kappa shape index (κ2) is 10.1. The van der Waals surface area contributed by atoms with Crippen LogP contribution >= 0.6 is 0 Å². The first-order valence-electron chi connectivity index (χ1n) is 10.6. The van der Waals surface area contributed by atoms with Crippen LogP contribution in [0.1, 0.15) is 30.6 Å². The number of methoxy groups -OCH3 is 1. The van der Waals surface area contributed by atoms with E-state index in [0.29, 0.717) is 38.2 Å². The summed E-state index contributed by atoms with van der Waals surface area (Å²) in [4.78, 5) is 26.8. The fraction of sp³-hybridized carbons (Fsp3) is 0.391. The van der Waals surface area contributed by atoms with Gasteiger partial charge in [0, 0.05) is 49.8 Å². The van der Waals surface area contributed by atoms with Crippen molar-refractivity contribution in [3.8, 4) is 5.75 Å². The molecule has 0 radical (unpaired) electrons. The Morgan fingerprint density at radius 1 is 1.09 bits per heavy atom. The van der Waals surface area contributed by atoms with Crippen molar-refractivity contribution >= 4 is 27.5 Å². The van der Waals surface area contributed by atoms with Gasteiger partial charge in [-0.25, -0.2) is 8.42 Å². The highest BCUT2D eigenvalue weighted by Crippen LogP contribution is 2.26. The van der Waals surface area contributed by atoms with Gasteiger partial charge >= 0.3 is 0 Å². The molecule has 1 saturated heterocycles. The molecule has 1 unspecified atom stereocenters. The second-order valence-corrected chi connectivity index (χ2v) is 9.53. The third kappa shape index (κ3) is 5.11. The van der Waals surface area contributed by atoms with E-state index < -0.39 is 10.0 Å². The van der Waals surface area contributed by atoms with E-state index in [4.69, 9.17) is 4.74 Å². The number of nitrogens with zero attached hydrogens (tertiary/aromatic N) is 2. The number of sulfonamides is 1. The lowest BCUT2D eigenvalue weighted by molar-refractivity contribution is -0.117. The topological polar surface area (TPSA) is 96.0 Å². The molecular formula is C23H29N3O5S. The summed E-state index contributed by atoms with van der Waals surface area (Å²) in [6.07, 6.45) is 0.355. The first-order valence-corrected chi connectivity index (χ1v) is 12.1. The summed E-state index contributed by atoms with van der Waals surface area (Å²) in [5.41, 5.74) is 1.18. The van der Waals surface area contributed by atoms with Crippen molar-refractivity contribution < 1.29 is 22.7 Å². The number of amides is 2. The number of rotatable bonds is 9. The minimum Gasteiger partial charge on any atom is -0.497 e. The molecule has 0 bridgehead atoms. The minimum atomic E-state index is -3.56. The second-order valence-electron chi connectivity index (χ2n) is 7.60. The van der Waals surface area contributed by atoms with Crippen LogP contribution in [0, 0.1) is 5.92 Å². The molecule has 0 spiro atoms. The number of carbonyl (C=O) groups excluding carboxylic acids is 2. The summed E-state index contributed by atoms with van der Waals surface area (Å²) in [6, 6.07) is 13.2. The number of hydrogen-bond acceptors (Lipinski definition) is 5. The molecule has 0 aliphatic carbocycles. The minimum absolute atomic E-state index is 0.00382. The van der Waals surface area contributed by atoms with E-state index in [1.54, 1.807) is 25.9 Å². The van der Waals surface area contributed by atoms with Gasteiger partial charge in [-0.05, 0) is 48.5 Å². The Labute approximate surface area is 189 Å². The number of carbonyl (C=O) groups is 2. The van der Waals surface area contributed by atoms with Crippen molar-refractivity contribution in [3.63, 3.8) is 0 Å². The monoisotopic (exact) mass is 459 g/mol. The van der Waals surface area contributed by atoms with Crippen molar-refractivity contribution in [2.45, 2.75) is 25.2 Å². The summed E-state index contributed by atoms with van der Waals surface area (Å²) in [6.45, 7) is 5.21. The Bertz CT molecular complexity index is 1050. The van der Waals surface area contributed by atoms with Crippen LogP contribution in [0.3, 0.4) is 0 Å². The lowest BCUT2D eigenvalue weighted by Gasteiger charge is -2.18. The summed E-state index contributed by atoms with van der Waals surface area (Å²) in [5, 5.41) is 2.86. The molecule has 2 aromatic rings. The van der Waals surface area contributed by atoms with Gasteiger partial charge in [-0.15, -0.1) is 0 Å². The number of ether oxygens (including phenoxy) is 1. The van der Waals surface area contributed by atoms with E-state index in [9.17, 15) is 18.0 Å². The van der Waals surface area contributed by atoms with E-state index in [2.05, 4.69) is 5.32 Å². The SMILES string of the molecule is CCN(CC)S(=O)(=O)c1ccc(C(=O)NCC2CC(=O)N(c3ccc(OC)cc3)C2)cc1. The molecule has 0 aromatic heterocycles. The first kappa shape index (κ1) is 23.7. The van der Waals surface area contributed by atoms with E-state index >= 15 is 0 Å². The summed E-state index contributed by atoms with van der Waals surface area (Å²) < 4.78 is 31.7. The fourth-order valence-corrected chi connectivity index (χ4v) is 5.22. The van der Waals surface area contributed by atoms with Crippen molar-refractivity contribution in [2.24, 2.45) is 5.92 Å². The zero-order valence-electron chi connectivity index (χ0n) is 18.6. The molecule has 3 rings (SSSR count). The molecule has 1 aliphatic rings. The average Bonchev–Trinajstić information content (AvgIpc) is 3.18. The lowest BCUT2D eigenvalue weighted by Crippen LogP contribution is -2.32. The van der Waals surface area contributed by atoms with E-state index in [1.807, 2.05) is 24.3 Å². The van der Waals surface area contributed by atoms with E-state index in [1.165, 1.54) is 28.6 Å². The molecule has 1 heterocycles. The van der Waals surface area contributed by atoms with Gasteiger partial charge in [0.25, 0.3) is 5.91 Å². The summed E-state index contributed by atoms with van der Waals surface area (Å²) in [7, 11) is -1.97. The molecule has 9 heteroatoms. The molecule has 1 N–H and O–H groups in total. The van der Waals surface area contributed by atoms with Gasteiger partial charge in [0.05, 0.1) is 12.0 Å². The van der Waals surface area contributed by atoms with Crippen LogP contribution in [0.25, 0.3) is 0 Å². The highest BCUT2D eigenvalue weighted by Gasteiger charge is 2.31. The normalized spacial score (nSPS) is 16.4. The average molecular weight is 460 g/mol. The molecule has 1 fully saturated rings. The van der Waals surface area contributed by atoms with Crippen molar-refractivity contribution in [1.82, 2.24) is 9.62 Å².